The SMILES string of the molecule is CC(C)C(C)NC(=O)COC(=O)c1ccc(-c2cccc(C(F)(F)F)c2)o1. The average Bonchev–Trinajstić information content (AvgIpc) is 3.09. The predicted molar refractivity (Wildman–Crippen MR) is 91.9 cm³/mol. The number of ether oxygens (including phenoxy) is 1. The zero-order valence-electron chi connectivity index (χ0n) is 15.1. The number of halogens is 3. The number of hydrogen-bond acceptors (Lipinski definition) is 4. The zero-order valence-corrected chi connectivity index (χ0v) is 15.1. The summed E-state index contributed by atoms with van der Waals surface area (Å²) < 4.78 is 48.5. The van der Waals surface area contributed by atoms with E-state index in [1.54, 1.807) is 0 Å². The van der Waals surface area contributed by atoms with E-state index < -0.39 is 30.2 Å². The smallest absolute Gasteiger partial charge is 0.416 e. The number of nitrogens with one attached hydrogen (secondary N) is 1. The van der Waals surface area contributed by atoms with Gasteiger partial charge in [-0.15, -0.1) is 0 Å². The number of hydrogen-bond donors (Lipinski definition) is 1. The standard InChI is InChI=1S/C19H20F3NO4/c1-11(2)12(3)23-17(24)10-26-18(25)16-8-7-15(27-16)13-5-4-6-14(9-13)19(20,21)22/h4-9,11-12H,10H2,1-3H3,(H,23,24). The molecule has 1 aromatic heterocycles. The summed E-state index contributed by atoms with van der Waals surface area (Å²) in [4.78, 5) is 23.7. The highest BCUT2D eigenvalue weighted by Gasteiger charge is 2.30. The lowest BCUT2D eigenvalue weighted by atomic mass is 10.1. The van der Waals surface area contributed by atoms with E-state index >= 15 is 0 Å². The minimum Gasteiger partial charge on any atom is -0.450 e. The number of alkyl halides is 3. The largest absolute Gasteiger partial charge is 0.450 e. The molecule has 0 aliphatic heterocycles. The molecule has 2 rings (SSSR count). The van der Waals surface area contributed by atoms with Crippen molar-refractivity contribution in [1.29, 1.82) is 0 Å². The molecule has 8 heteroatoms. The maximum absolute atomic E-state index is 12.8. The normalized spacial score (nSPS) is 12.7. The Morgan fingerprint density at radius 1 is 1.15 bits per heavy atom. The minimum atomic E-state index is -4.48. The van der Waals surface area contributed by atoms with Crippen LogP contribution in [-0.2, 0) is 15.7 Å². The van der Waals surface area contributed by atoms with E-state index in [0.29, 0.717) is 0 Å². The Bertz CT molecular complexity index is 811. The predicted octanol–water partition coefficient (Wildman–Crippen LogP) is 4.28. The highest BCUT2D eigenvalue weighted by atomic mass is 19.4. The van der Waals surface area contributed by atoms with Crippen molar-refractivity contribution in [3.63, 3.8) is 0 Å². The van der Waals surface area contributed by atoms with Crippen molar-refractivity contribution < 1.29 is 31.9 Å². The van der Waals surface area contributed by atoms with Gasteiger partial charge in [-0.25, -0.2) is 4.79 Å². The van der Waals surface area contributed by atoms with Crippen molar-refractivity contribution in [2.24, 2.45) is 5.92 Å². The second-order valence-corrected chi connectivity index (χ2v) is 6.42. The molecule has 1 N–H and O–H groups in total. The molecule has 0 bridgehead atoms. The van der Waals surface area contributed by atoms with Gasteiger partial charge in [0.1, 0.15) is 5.76 Å². The minimum absolute atomic E-state index is 0.0765. The number of esters is 1. The van der Waals surface area contributed by atoms with Gasteiger partial charge >= 0.3 is 12.1 Å². The zero-order chi connectivity index (χ0) is 20.2. The number of carbonyl (C=O) groups excluding carboxylic acids is 2. The molecule has 27 heavy (non-hydrogen) atoms. The second-order valence-electron chi connectivity index (χ2n) is 6.42. The Balaban J connectivity index is 2.01. The Kier molecular flexibility index (Phi) is 6.30. The van der Waals surface area contributed by atoms with E-state index in [-0.39, 0.29) is 29.0 Å². The van der Waals surface area contributed by atoms with Gasteiger partial charge in [-0.05, 0) is 37.1 Å². The summed E-state index contributed by atoms with van der Waals surface area (Å²) in [6.07, 6.45) is -4.48. The molecular formula is C19H20F3NO4. The fourth-order valence-corrected chi connectivity index (χ4v) is 2.12. The quantitative estimate of drug-likeness (QED) is 0.756. The number of carbonyl (C=O) groups is 2. The van der Waals surface area contributed by atoms with E-state index in [4.69, 9.17) is 9.15 Å². The Morgan fingerprint density at radius 2 is 1.85 bits per heavy atom. The average molecular weight is 383 g/mol. The van der Waals surface area contributed by atoms with E-state index in [0.717, 1.165) is 12.1 Å². The molecule has 146 valence electrons. The molecule has 0 saturated carbocycles. The summed E-state index contributed by atoms with van der Waals surface area (Å²) in [7, 11) is 0. The Labute approximate surface area is 154 Å². The van der Waals surface area contributed by atoms with Crippen molar-refractivity contribution in [1.82, 2.24) is 5.32 Å². The van der Waals surface area contributed by atoms with Gasteiger partial charge in [0.25, 0.3) is 5.91 Å². The van der Waals surface area contributed by atoms with Crippen LogP contribution in [0.25, 0.3) is 11.3 Å². The molecule has 1 unspecified atom stereocenters. The highest BCUT2D eigenvalue weighted by molar-refractivity contribution is 5.89. The van der Waals surface area contributed by atoms with Crippen LogP contribution in [0.1, 0.15) is 36.9 Å². The van der Waals surface area contributed by atoms with Gasteiger partial charge < -0.3 is 14.5 Å². The molecule has 1 aromatic carbocycles. The van der Waals surface area contributed by atoms with Gasteiger partial charge in [-0.1, -0.05) is 26.0 Å². The summed E-state index contributed by atoms with van der Waals surface area (Å²) in [6.45, 7) is 5.23. The molecular weight excluding hydrogens is 363 g/mol. The van der Waals surface area contributed by atoms with Crippen LogP contribution in [0.5, 0.6) is 0 Å². The first-order valence-electron chi connectivity index (χ1n) is 8.32. The molecule has 1 atom stereocenters. The van der Waals surface area contributed by atoms with Crippen LogP contribution < -0.4 is 5.32 Å². The number of amides is 1. The van der Waals surface area contributed by atoms with E-state index in [2.05, 4.69) is 5.32 Å². The first-order valence-corrected chi connectivity index (χ1v) is 8.32. The van der Waals surface area contributed by atoms with Crippen LogP contribution in [0.15, 0.2) is 40.8 Å². The molecule has 1 heterocycles. The van der Waals surface area contributed by atoms with E-state index in [1.807, 2.05) is 20.8 Å². The summed E-state index contributed by atoms with van der Waals surface area (Å²) >= 11 is 0. The van der Waals surface area contributed by atoms with Crippen LogP contribution in [0.4, 0.5) is 13.2 Å². The van der Waals surface area contributed by atoms with Gasteiger partial charge in [0.2, 0.25) is 5.76 Å². The third kappa shape index (κ3) is 5.60. The monoisotopic (exact) mass is 383 g/mol. The number of furan rings is 1. The van der Waals surface area contributed by atoms with Crippen molar-refractivity contribution >= 4 is 11.9 Å². The molecule has 0 aliphatic carbocycles. The number of benzene rings is 1. The molecule has 0 saturated heterocycles. The summed E-state index contributed by atoms with van der Waals surface area (Å²) in [5.41, 5.74) is -0.649. The molecule has 0 radical (unpaired) electrons. The van der Waals surface area contributed by atoms with Crippen LogP contribution in [0, 0.1) is 5.92 Å². The lowest BCUT2D eigenvalue weighted by molar-refractivity contribution is -0.137. The molecule has 2 aromatic rings. The van der Waals surface area contributed by atoms with Crippen LogP contribution in [-0.4, -0.2) is 24.5 Å². The summed E-state index contributed by atoms with van der Waals surface area (Å²) in [5, 5.41) is 2.68. The maximum atomic E-state index is 12.8. The summed E-state index contributed by atoms with van der Waals surface area (Å²) in [6, 6.07) is 7.13. The van der Waals surface area contributed by atoms with Gasteiger partial charge in [0.15, 0.2) is 6.61 Å². The van der Waals surface area contributed by atoms with Crippen molar-refractivity contribution in [3.05, 3.63) is 47.7 Å². The van der Waals surface area contributed by atoms with Gasteiger partial charge in [-0.2, -0.15) is 13.2 Å². The van der Waals surface area contributed by atoms with Gasteiger partial charge in [0.05, 0.1) is 5.56 Å². The van der Waals surface area contributed by atoms with Crippen molar-refractivity contribution in [2.75, 3.05) is 6.61 Å². The fourth-order valence-electron chi connectivity index (χ4n) is 2.12. The van der Waals surface area contributed by atoms with Crippen LogP contribution in [0.2, 0.25) is 0 Å². The Hall–Kier alpha value is -2.77. The molecule has 0 fully saturated rings. The highest BCUT2D eigenvalue weighted by Crippen LogP contribution is 2.32. The van der Waals surface area contributed by atoms with Crippen molar-refractivity contribution in [3.8, 4) is 11.3 Å². The molecule has 0 spiro atoms. The Morgan fingerprint density at radius 3 is 2.48 bits per heavy atom. The van der Waals surface area contributed by atoms with E-state index in [9.17, 15) is 22.8 Å². The lowest BCUT2D eigenvalue weighted by Crippen LogP contribution is -2.38. The first kappa shape index (κ1) is 20.5. The fraction of sp³-hybridized carbons (Fsp3) is 0.368. The molecule has 1 amide bonds. The third-order valence-corrected chi connectivity index (χ3v) is 4.00. The van der Waals surface area contributed by atoms with Crippen LogP contribution >= 0.6 is 0 Å². The van der Waals surface area contributed by atoms with Crippen LogP contribution in [0.3, 0.4) is 0 Å². The summed E-state index contributed by atoms with van der Waals surface area (Å²) in [5.74, 6) is -1.21. The maximum Gasteiger partial charge on any atom is 0.416 e. The molecule has 0 aliphatic rings. The second kappa shape index (κ2) is 8.28. The topological polar surface area (TPSA) is 68.5 Å². The first-order chi connectivity index (χ1) is 12.6. The van der Waals surface area contributed by atoms with Gasteiger partial charge in [0, 0.05) is 11.6 Å². The molecule has 5 nitrogen and oxygen atoms in total. The third-order valence-electron chi connectivity index (χ3n) is 4.00. The lowest BCUT2D eigenvalue weighted by Gasteiger charge is -2.17. The van der Waals surface area contributed by atoms with E-state index in [1.165, 1.54) is 24.3 Å². The number of rotatable bonds is 6. The van der Waals surface area contributed by atoms with Gasteiger partial charge in [-0.3, -0.25) is 4.79 Å². The van der Waals surface area contributed by atoms with Crippen molar-refractivity contribution in [2.45, 2.75) is 33.0 Å².